The molecule has 94 valence electrons. The van der Waals surface area contributed by atoms with Gasteiger partial charge < -0.3 is 4.98 Å². The zero-order valence-electron chi connectivity index (χ0n) is 10.8. The van der Waals surface area contributed by atoms with Crippen molar-refractivity contribution < 1.29 is 0 Å². The molecule has 2 heterocycles. The van der Waals surface area contributed by atoms with E-state index < -0.39 is 0 Å². The van der Waals surface area contributed by atoms with Gasteiger partial charge in [-0.25, -0.2) is 0 Å². The highest BCUT2D eigenvalue weighted by atomic mass is 16.1. The minimum atomic E-state index is 0.0906. The number of fused-ring (bicyclic) bond motifs is 3. The van der Waals surface area contributed by atoms with Crippen LogP contribution in [0.5, 0.6) is 0 Å². The molecule has 0 amide bonds. The molecule has 1 unspecified atom stereocenters. The average molecular weight is 243 g/mol. The van der Waals surface area contributed by atoms with E-state index in [9.17, 15) is 4.79 Å². The second kappa shape index (κ2) is 3.25. The van der Waals surface area contributed by atoms with Gasteiger partial charge in [-0.3, -0.25) is 9.48 Å². The Morgan fingerprint density at radius 1 is 1.33 bits per heavy atom. The van der Waals surface area contributed by atoms with Gasteiger partial charge in [0.25, 0.3) is 5.56 Å². The molecule has 0 bridgehead atoms. The van der Waals surface area contributed by atoms with Gasteiger partial charge in [0.15, 0.2) is 0 Å². The van der Waals surface area contributed by atoms with Crippen LogP contribution in [0.15, 0.2) is 4.79 Å². The fraction of sp³-hybridized carbons (Fsp3) is 0.571. The lowest BCUT2D eigenvalue weighted by molar-refractivity contribution is 0.737. The van der Waals surface area contributed by atoms with Gasteiger partial charge >= 0.3 is 0 Å². The Labute approximate surface area is 105 Å². The number of pyridine rings is 1. The molecule has 0 radical (unpaired) electrons. The predicted molar refractivity (Wildman–Crippen MR) is 70.0 cm³/mol. The van der Waals surface area contributed by atoms with Crippen LogP contribution in [0.4, 0.5) is 0 Å². The lowest BCUT2D eigenvalue weighted by atomic mass is 10.0. The van der Waals surface area contributed by atoms with E-state index in [0.29, 0.717) is 11.8 Å². The standard InChI is InChI=1S/C14H17N3O/c1-7-3-6-9-10(7)14(18)15-13-11(9)12(8-4-5-8)16-17(13)2/h7-8H,3-6H2,1-2H3,(H,15,18). The maximum absolute atomic E-state index is 12.2. The zero-order valence-corrected chi connectivity index (χ0v) is 10.8. The second-order valence-electron chi connectivity index (χ2n) is 5.79. The van der Waals surface area contributed by atoms with Gasteiger partial charge in [-0.05, 0) is 37.2 Å². The Hall–Kier alpha value is -1.58. The minimum Gasteiger partial charge on any atom is -0.307 e. The molecule has 18 heavy (non-hydrogen) atoms. The number of aromatic nitrogens is 3. The summed E-state index contributed by atoms with van der Waals surface area (Å²) >= 11 is 0. The van der Waals surface area contributed by atoms with Gasteiger partial charge in [-0.2, -0.15) is 5.10 Å². The predicted octanol–water partition coefficient (Wildman–Crippen LogP) is 2.19. The van der Waals surface area contributed by atoms with E-state index >= 15 is 0 Å². The van der Waals surface area contributed by atoms with Crippen LogP contribution < -0.4 is 5.56 Å². The summed E-state index contributed by atoms with van der Waals surface area (Å²) in [5.41, 5.74) is 4.50. The number of hydrogen-bond acceptors (Lipinski definition) is 2. The number of aromatic amines is 1. The SMILES string of the molecule is CC1CCc2c1c(=O)[nH]c1c2c(C2CC2)nn1C. The maximum atomic E-state index is 12.2. The largest absolute Gasteiger partial charge is 0.307 e. The van der Waals surface area contributed by atoms with Crippen LogP contribution in [-0.4, -0.2) is 14.8 Å². The normalized spacial score (nSPS) is 22.7. The number of nitrogens with zero attached hydrogens (tertiary/aromatic N) is 2. The highest BCUT2D eigenvalue weighted by Gasteiger charge is 2.33. The molecule has 1 N–H and O–H groups in total. The Kier molecular flexibility index (Phi) is 1.87. The quantitative estimate of drug-likeness (QED) is 0.834. The zero-order chi connectivity index (χ0) is 12.4. The van der Waals surface area contributed by atoms with E-state index in [1.165, 1.54) is 29.5 Å². The molecule has 2 aromatic heterocycles. The summed E-state index contributed by atoms with van der Waals surface area (Å²) in [5, 5.41) is 5.89. The number of H-pyrrole nitrogens is 1. The molecule has 2 aliphatic carbocycles. The fourth-order valence-corrected chi connectivity index (χ4v) is 3.36. The van der Waals surface area contributed by atoms with Crippen LogP contribution >= 0.6 is 0 Å². The average Bonchev–Trinajstić information content (AvgIpc) is 3.03. The lowest BCUT2D eigenvalue weighted by Crippen LogP contribution is -2.15. The van der Waals surface area contributed by atoms with Crippen molar-refractivity contribution in [2.24, 2.45) is 7.05 Å². The number of aryl methyl sites for hydroxylation is 2. The van der Waals surface area contributed by atoms with E-state index in [1.54, 1.807) is 0 Å². The number of hydrogen-bond donors (Lipinski definition) is 1. The van der Waals surface area contributed by atoms with Gasteiger partial charge in [0.05, 0.1) is 5.69 Å². The van der Waals surface area contributed by atoms with Crippen LogP contribution in [0.3, 0.4) is 0 Å². The van der Waals surface area contributed by atoms with Crippen molar-refractivity contribution in [3.63, 3.8) is 0 Å². The molecule has 4 rings (SSSR count). The van der Waals surface area contributed by atoms with Gasteiger partial charge in [-0.15, -0.1) is 0 Å². The molecule has 4 nitrogen and oxygen atoms in total. The molecular weight excluding hydrogens is 226 g/mol. The summed E-state index contributed by atoms with van der Waals surface area (Å²) in [5.74, 6) is 1.01. The summed E-state index contributed by atoms with van der Waals surface area (Å²) < 4.78 is 1.84. The summed E-state index contributed by atoms with van der Waals surface area (Å²) in [6.07, 6.45) is 4.62. The molecule has 0 saturated heterocycles. The maximum Gasteiger partial charge on any atom is 0.253 e. The van der Waals surface area contributed by atoms with Crippen molar-refractivity contribution in [2.75, 3.05) is 0 Å². The van der Waals surface area contributed by atoms with Gasteiger partial charge in [-0.1, -0.05) is 6.92 Å². The number of rotatable bonds is 1. The van der Waals surface area contributed by atoms with Crippen molar-refractivity contribution in [1.29, 1.82) is 0 Å². The summed E-state index contributed by atoms with van der Waals surface area (Å²) in [6.45, 7) is 2.15. The van der Waals surface area contributed by atoms with Crippen molar-refractivity contribution >= 4 is 11.0 Å². The smallest absolute Gasteiger partial charge is 0.253 e. The van der Waals surface area contributed by atoms with E-state index in [4.69, 9.17) is 0 Å². The van der Waals surface area contributed by atoms with Gasteiger partial charge in [0.2, 0.25) is 0 Å². The Morgan fingerprint density at radius 2 is 2.11 bits per heavy atom. The molecule has 1 atom stereocenters. The van der Waals surface area contributed by atoms with Crippen molar-refractivity contribution in [3.05, 3.63) is 27.2 Å². The first-order chi connectivity index (χ1) is 8.66. The first-order valence-corrected chi connectivity index (χ1v) is 6.78. The summed E-state index contributed by atoms with van der Waals surface area (Å²) in [7, 11) is 1.93. The lowest BCUT2D eigenvalue weighted by Gasteiger charge is -2.05. The van der Waals surface area contributed by atoms with Crippen molar-refractivity contribution in [1.82, 2.24) is 14.8 Å². The first-order valence-electron chi connectivity index (χ1n) is 6.78. The van der Waals surface area contributed by atoms with E-state index in [0.717, 1.165) is 24.1 Å². The van der Waals surface area contributed by atoms with Crippen LogP contribution in [0, 0.1) is 0 Å². The van der Waals surface area contributed by atoms with Crippen LogP contribution in [0.1, 0.15) is 54.8 Å². The van der Waals surface area contributed by atoms with E-state index in [1.807, 2.05) is 11.7 Å². The number of nitrogens with one attached hydrogen (secondary N) is 1. The Bertz CT molecular complexity index is 706. The third-order valence-electron chi connectivity index (χ3n) is 4.46. The highest BCUT2D eigenvalue weighted by molar-refractivity contribution is 5.85. The minimum absolute atomic E-state index is 0.0906. The molecule has 0 aromatic carbocycles. The van der Waals surface area contributed by atoms with E-state index in [-0.39, 0.29) is 5.56 Å². The van der Waals surface area contributed by atoms with E-state index in [2.05, 4.69) is 17.0 Å². The molecule has 2 aliphatic rings. The molecule has 2 aromatic rings. The third-order valence-corrected chi connectivity index (χ3v) is 4.46. The van der Waals surface area contributed by atoms with Gasteiger partial charge in [0, 0.05) is 23.9 Å². The third kappa shape index (κ3) is 1.21. The molecule has 1 saturated carbocycles. The second-order valence-corrected chi connectivity index (χ2v) is 5.79. The van der Waals surface area contributed by atoms with Crippen molar-refractivity contribution in [3.8, 4) is 0 Å². The topological polar surface area (TPSA) is 50.7 Å². The van der Waals surface area contributed by atoms with Gasteiger partial charge in [0.1, 0.15) is 5.65 Å². The molecule has 1 fully saturated rings. The molecular formula is C14H17N3O. The van der Waals surface area contributed by atoms with Crippen LogP contribution in [0.2, 0.25) is 0 Å². The fourth-order valence-electron chi connectivity index (χ4n) is 3.36. The van der Waals surface area contributed by atoms with Crippen molar-refractivity contribution in [2.45, 2.75) is 44.4 Å². The Morgan fingerprint density at radius 3 is 2.83 bits per heavy atom. The van der Waals surface area contributed by atoms with Crippen LogP contribution in [0.25, 0.3) is 11.0 Å². The Balaban J connectivity index is 2.15. The highest BCUT2D eigenvalue weighted by Crippen LogP contribution is 2.45. The summed E-state index contributed by atoms with van der Waals surface area (Å²) in [6, 6.07) is 0. The summed E-state index contributed by atoms with van der Waals surface area (Å²) in [4.78, 5) is 15.2. The first kappa shape index (κ1) is 10.4. The molecule has 4 heteroatoms. The molecule has 0 spiro atoms. The monoisotopic (exact) mass is 243 g/mol. The van der Waals surface area contributed by atoms with Crippen LogP contribution in [-0.2, 0) is 13.5 Å². The molecule has 0 aliphatic heterocycles.